The van der Waals surface area contributed by atoms with Crippen LogP contribution in [0.15, 0.2) is 115 Å². The number of carbonyl (C=O) groups excluding carboxylic acids is 1. The first-order chi connectivity index (χ1) is 22.5. The molecule has 5 nitrogen and oxygen atoms in total. The Kier molecular flexibility index (Phi) is 10.4. The normalized spacial score (nSPS) is 17.5. The zero-order valence-electron chi connectivity index (χ0n) is 26.7. The summed E-state index contributed by atoms with van der Waals surface area (Å²) in [6.45, 7) is 5.00. The molecule has 0 spiro atoms. The van der Waals surface area contributed by atoms with Crippen molar-refractivity contribution in [1.82, 2.24) is 10.2 Å². The first-order valence-corrected chi connectivity index (χ1v) is 17.2. The van der Waals surface area contributed by atoms with Crippen molar-refractivity contribution in [2.45, 2.75) is 49.5 Å². The van der Waals surface area contributed by atoms with E-state index < -0.39 is 5.60 Å². The van der Waals surface area contributed by atoms with Crippen molar-refractivity contribution in [3.63, 3.8) is 0 Å². The molecular formula is C40H46ClN3O2. The molecule has 2 aliphatic heterocycles. The highest BCUT2D eigenvalue weighted by Gasteiger charge is 2.37. The fourth-order valence-electron chi connectivity index (χ4n) is 7.48. The number of carbonyl (C=O) groups is 1. The molecule has 2 N–H and O–H groups in total. The zero-order valence-corrected chi connectivity index (χ0v) is 27.4. The van der Waals surface area contributed by atoms with Crippen LogP contribution in [0.3, 0.4) is 0 Å². The van der Waals surface area contributed by atoms with Crippen molar-refractivity contribution >= 4 is 23.2 Å². The number of hydrogen-bond acceptors (Lipinski definition) is 4. The summed E-state index contributed by atoms with van der Waals surface area (Å²) in [5, 5.41) is 15.5. The van der Waals surface area contributed by atoms with Crippen LogP contribution >= 0.6 is 11.6 Å². The van der Waals surface area contributed by atoms with Crippen LogP contribution in [0, 0.1) is 5.92 Å². The molecule has 6 rings (SSSR count). The number of benzene rings is 4. The number of hydrogen-bond donors (Lipinski definition) is 2. The number of nitrogens with zero attached hydrogens (tertiary/aromatic N) is 2. The molecule has 4 aromatic rings. The van der Waals surface area contributed by atoms with E-state index in [1.54, 1.807) is 0 Å². The van der Waals surface area contributed by atoms with Crippen molar-refractivity contribution < 1.29 is 9.90 Å². The number of para-hydroxylation sites is 1. The Balaban J connectivity index is 1.12. The molecule has 1 amide bonds. The van der Waals surface area contributed by atoms with Gasteiger partial charge in [0.2, 0.25) is 5.91 Å². The molecule has 0 aromatic heterocycles. The SMILES string of the molecule is O=C(NCC(CCCN1CCC(O)(c2ccc(Cl)cc2)CC1)(c1ccccc1)c1ccccc1)C1CCN(c2ccccc2)CC1. The number of anilines is 1. The first kappa shape index (κ1) is 32.3. The van der Waals surface area contributed by atoms with E-state index in [4.69, 9.17) is 11.6 Å². The minimum Gasteiger partial charge on any atom is -0.385 e. The number of aliphatic hydroxyl groups is 1. The molecule has 4 aromatic carbocycles. The quantitative estimate of drug-likeness (QED) is 0.180. The molecule has 0 saturated carbocycles. The molecule has 2 heterocycles. The first-order valence-electron chi connectivity index (χ1n) is 16.8. The highest BCUT2D eigenvalue weighted by atomic mass is 35.5. The van der Waals surface area contributed by atoms with E-state index in [1.165, 1.54) is 16.8 Å². The second-order valence-corrected chi connectivity index (χ2v) is 13.5. The monoisotopic (exact) mass is 635 g/mol. The maximum absolute atomic E-state index is 13.7. The van der Waals surface area contributed by atoms with Gasteiger partial charge in [-0.05, 0) is 86.0 Å². The van der Waals surface area contributed by atoms with E-state index in [2.05, 4.69) is 100 Å². The Morgan fingerprint density at radius 3 is 1.89 bits per heavy atom. The Morgan fingerprint density at radius 2 is 1.33 bits per heavy atom. The summed E-state index contributed by atoms with van der Waals surface area (Å²) in [6, 6.07) is 39.5. The van der Waals surface area contributed by atoms with Gasteiger partial charge in [-0.2, -0.15) is 0 Å². The van der Waals surface area contributed by atoms with E-state index >= 15 is 0 Å². The lowest BCUT2D eigenvalue weighted by Crippen LogP contribution is -2.47. The molecule has 2 saturated heterocycles. The predicted molar refractivity (Wildman–Crippen MR) is 188 cm³/mol. The zero-order chi connectivity index (χ0) is 31.8. The van der Waals surface area contributed by atoms with Gasteiger partial charge < -0.3 is 20.2 Å². The minimum absolute atomic E-state index is 0.0250. The van der Waals surface area contributed by atoms with Gasteiger partial charge in [0.05, 0.1) is 5.60 Å². The largest absolute Gasteiger partial charge is 0.385 e. The number of amides is 1. The Morgan fingerprint density at radius 1 is 0.783 bits per heavy atom. The predicted octanol–water partition coefficient (Wildman–Crippen LogP) is 7.42. The molecule has 0 radical (unpaired) electrons. The van der Waals surface area contributed by atoms with Crippen LogP contribution in [-0.2, 0) is 15.8 Å². The fourth-order valence-corrected chi connectivity index (χ4v) is 7.61. The van der Waals surface area contributed by atoms with Crippen LogP contribution in [0.25, 0.3) is 0 Å². The molecule has 0 aliphatic carbocycles. The molecule has 240 valence electrons. The summed E-state index contributed by atoms with van der Waals surface area (Å²) in [5.74, 6) is 0.193. The summed E-state index contributed by atoms with van der Waals surface area (Å²) in [4.78, 5) is 18.6. The summed E-state index contributed by atoms with van der Waals surface area (Å²) in [7, 11) is 0. The van der Waals surface area contributed by atoms with Crippen molar-refractivity contribution in [2.75, 3.05) is 44.2 Å². The number of piperidine rings is 2. The van der Waals surface area contributed by atoms with Gasteiger partial charge >= 0.3 is 0 Å². The van der Waals surface area contributed by atoms with Crippen LogP contribution in [0.1, 0.15) is 55.2 Å². The molecule has 6 heteroatoms. The van der Waals surface area contributed by atoms with E-state index in [0.717, 1.165) is 64.0 Å². The second kappa shape index (κ2) is 14.8. The average Bonchev–Trinajstić information content (AvgIpc) is 3.12. The van der Waals surface area contributed by atoms with Crippen LogP contribution in [0.5, 0.6) is 0 Å². The Labute approximate surface area is 279 Å². The lowest BCUT2D eigenvalue weighted by Gasteiger charge is -2.40. The summed E-state index contributed by atoms with van der Waals surface area (Å²) in [5.41, 5.74) is 3.50. The number of likely N-dealkylation sites (tertiary alicyclic amines) is 1. The van der Waals surface area contributed by atoms with Crippen molar-refractivity contribution in [3.05, 3.63) is 137 Å². The topological polar surface area (TPSA) is 55.8 Å². The fraction of sp³-hybridized carbons (Fsp3) is 0.375. The Bertz CT molecular complexity index is 1480. The van der Waals surface area contributed by atoms with Gasteiger partial charge in [0.25, 0.3) is 0 Å². The van der Waals surface area contributed by atoms with Gasteiger partial charge in [-0.1, -0.05) is 103 Å². The Hall–Kier alpha value is -3.64. The third kappa shape index (κ3) is 7.49. The van der Waals surface area contributed by atoms with Gasteiger partial charge in [-0.25, -0.2) is 0 Å². The molecule has 2 aliphatic rings. The van der Waals surface area contributed by atoms with E-state index in [9.17, 15) is 9.90 Å². The van der Waals surface area contributed by atoms with Crippen LogP contribution < -0.4 is 10.2 Å². The summed E-state index contributed by atoms with van der Waals surface area (Å²) in [6.07, 6.45) is 5.02. The second-order valence-electron chi connectivity index (χ2n) is 13.1. The van der Waals surface area contributed by atoms with Gasteiger partial charge in [0, 0.05) is 54.8 Å². The molecular weight excluding hydrogens is 590 g/mol. The van der Waals surface area contributed by atoms with Crippen LogP contribution in [0.4, 0.5) is 5.69 Å². The van der Waals surface area contributed by atoms with Crippen LogP contribution in [-0.4, -0.2) is 55.2 Å². The maximum Gasteiger partial charge on any atom is 0.223 e. The molecule has 2 fully saturated rings. The molecule has 46 heavy (non-hydrogen) atoms. The molecule has 0 bridgehead atoms. The molecule has 0 atom stereocenters. The van der Waals surface area contributed by atoms with Gasteiger partial charge in [0.15, 0.2) is 0 Å². The summed E-state index contributed by atoms with van der Waals surface area (Å²) >= 11 is 6.09. The lowest BCUT2D eigenvalue weighted by molar-refractivity contribution is -0.125. The van der Waals surface area contributed by atoms with Crippen molar-refractivity contribution in [3.8, 4) is 0 Å². The van der Waals surface area contributed by atoms with Gasteiger partial charge in [-0.15, -0.1) is 0 Å². The van der Waals surface area contributed by atoms with E-state index in [-0.39, 0.29) is 17.2 Å². The number of nitrogens with one attached hydrogen (secondary N) is 1. The minimum atomic E-state index is -0.805. The van der Waals surface area contributed by atoms with Gasteiger partial charge in [-0.3, -0.25) is 4.79 Å². The van der Waals surface area contributed by atoms with Gasteiger partial charge in [0.1, 0.15) is 0 Å². The lowest BCUT2D eigenvalue weighted by atomic mass is 9.71. The summed E-state index contributed by atoms with van der Waals surface area (Å²) < 4.78 is 0. The maximum atomic E-state index is 13.7. The number of rotatable bonds is 11. The van der Waals surface area contributed by atoms with Crippen molar-refractivity contribution in [2.24, 2.45) is 5.92 Å². The highest BCUT2D eigenvalue weighted by molar-refractivity contribution is 6.30. The van der Waals surface area contributed by atoms with E-state index in [1.807, 2.05) is 30.3 Å². The standard InChI is InChI=1S/C40H46ClN3O2/c41-36-19-17-35(18-20-36)40(46)24-29-43(30-25-40)26-10-23-39(33-11-4-1-5-12-33,34-13-6-2-7-14-34)31-42-38(45)32-21-27-44(28-22-32)37-15-8-3-9-16-37/h1-9,11-20,32,46H,10,21-31H2,(H,42,45). The highest BCUT2D eigenvalue weighted by Crippen LogP contribution is 2.38. The third-order valence-corrected chi connectivity index (χ3v) is 10.6. The van der Waals surface area contributed by atoms with Crippen LogP contribution in [0.2, 0.25) is 5.02 Å². The smallest absolute Gasteiger partial charge is 0.223 e. The third-order valence-electron chi connectivity index (χ3n) is 10.3. The van der Waals surface area contributed by atoms with E-state index in [0.29, 0.717) is 24.4 Å². The van der Waals surface area contributed by atoms with Crippen molar-refractivity contribution in [1.29, 1.82) is 0 Å². The molecule has 0 unspecified atom stereocenters. The number of halogens is 1. The average molecular weight is 636 g/mol.